The topological polar surface area (TPSA) is 122 Å². The highest BCUT2D eigenvalue weighted by atomic mass is 19.3. The first-order valence-electron chi connectivity index (χ1n) is 16.6. The Morgan fingerprint density at radius 1 is 1.06 bits per heavy atom. The maximum Gasteiger partial charge on any atom is 0.410 e. The molecule has 3 aromatic heterocycles. The Morgan fingerprint density at radius 2 is 1.79 bits per heavy atom. The fourth-order valence-electron chi connectivity index (χ4n) is 6.53. The lowest BCUT2D eigenvalue weighted by Gasteiger charge is -2.36. The third-order valence-corrected chi connectivity index (χ3v) is 9.20. The molecule has 0 spiro atoms. The summed E-state index contributed by atoms with van der Waals surface area (Å²) in [4.78, 5) is 36.6. The zero-order valence-corrected chi connectivity index (χ0v) is 27.4. The highest BCUT2D eigenvalue weighted by molar-refractivity contribution is 6.08. The molecular formula is C32H45F2N9O4. The normalized spacial score (nSPS) is 19.1. The molecule has 0 unspecified atom stereocenters. The van der Waals surface area contributed by atoms with Crippen LogP contribution >= 0.6 is 0 Å². The summed E-state index contributed by atoms with van der Waals surface area (Å²) in [6, 6.07) is 1.79. The van der Waals surface area contributed by atoms with Crippen molar-refractivity contribution < 1.29 is 27.8 Å². The van der Waals surface area contributed by atoms with E-state index in [1.807, 2.05) is 26.8 Å². The van der Waals surface area contributed by atoms with E-state index in [0.717, 1.165) is 64.8 Å². The number of halogens is 2. The Bertz CT molecular complexity index is 1530. The van der Waals surface area contributed by atoms with Crippen LogP contribution in [0.25, 0.3) is 5.65 Å². The molecule has 0 aliphatic carbocycles. The summed E-state index contributed by atoms with van der Waals surface area (Å²) in [5.41, 5.74) is -0.407. The number of carbonyl (C=O) groups excluding carboxylic acids is 2. The maximum atomic E-state index is 14.1. The quantitative estimate of drug-likeness (QED) is 0.370. The number of nitrogens with zero attached hydrogens (tertiary/aromatic N) is 8. The molecule has 3 fully saturated rings. The smallest absolute Gasteiger partial charge is 0.410 e. The van der Waals surface area contributed by atoms with E-state index < -0.39 is 23.6 Å². The maximum absolute atomic E-state index is 14.1. The van der Waals surface area contributed by atoms with Crippen molar-refractivity contribution in [2.24, 2.45) is 5.92 Å². The predicted molar refractivity (Wildman–Crippen MR) is 171 cm³/mol. The third kappa shape index (κ3) is 8.00. The SMILES string of the molecule is CC(C)(C)OC(=O)N1CCC(CCN2CCC(n3cc(NC(=O)c4cnn5ccc(N6CCOCC6)nc45)c(C(F)F)n3)CC2)CC1. The molecule has 3 saturated heterocycles. The Balaban J connectivity index is 1.02. The number of nitrogens with one attached hydrogen (secondary N) is 1. The minimum absolute atomic E-state index is 0.00571. The van der Waals surface area contributed by atoms with Gasteiger partial charge in [0.15, 0.2) is 11.3 Å². The van der Waals surface area contributed by atoms with Gasteiger partial charge in [0, 0.05) is 51.7 Å². The second-order valence-electron chi connectivity index (χ2n) is 13.6. The van der Waals surface area contributed by atoms with Gasteiger partial charge in [-0.1, -0.05) is 0 Å². The summed E-state index contributed by atoms with van der Waals surface area (Å²) in [7, 11) is 0. The van der Waals surface area contributed by atoms with Crippen LogP contribution in [0.4, 0.5) is 25.1 Å². The third-order valence-electron chi connectivity index (χ3n) is 9.20. The summed E-state index contributed by atoms with van der Waals surface area (Å²) in [6.45, 7) is 12.3. The highest BCUT2D eigenvalue weighted by Crippen LogP contribution is 2.31. The summed E-state index contributed by atoms with van der Waals surface area (Å²) in [5, 5.41) is 11.1. The van der Waals surface area contributed by atoms with E-state index in [9.17, 15) is 18.4 Å². The van der Waals surface area contributed by atoms with Crippen molar-refractivity contribution in [3.8, 4) is 0 Å². The summed E-state index contributed by atoms with van der Waals surface area (Å²) >= 11 is 0. The van der Waals surface area contributed by atoms with E-state index in [-0.39, 0.29) is 23.4 Å². The molecule has 6 rings (SSSR count). The molecule has 13 nitrogen and oxygen atoms in total. The van der Waals surface area contributed by atoms with E-state index in [1.54, 1.807) is 15.8 Å². The number of alkyl halides is 2. The molecule has 2 amide bonds. The van der Waals surface area contributed by atoms with E-state index in [4.69, 9.17) is 9.47 Å². The lowest BCUT2D eigenvalue weighted by molar-refractivity contribution is 0.0176. The molecule has 256 valence electrons. The van der Waals surface area contributed by atoms with Gasteiger partial charge in [-0.05, 0) is 71.4 Å². The Kier molecular flexibility index (Phi) is 9.92. The minimum Gasteiger partial charge on any atom is -0.444 e. The highest BCUT2D eigenvalue weighted by Gasteiger charge is 2.29. The number of ether oxygens (including phenoxy) is 2. The van der Waals surface area contributed by atoms with Crippen LogP contribution in [0.2, 0.25) is 0 Å². The van der Waals surface area contributed by atoms with Crippen molar-refractivity contribution in [1.82, 2.24) is 34.2 Å². The minimum atomic E-state index is -2.84. The first-order valence-corrected chi connectivity index (χ1v) is 16.6. The Labute approximate surface area is 273 Å². The number of likely N-dealkylation sites (tertiary alicyclic amines) is 2. The zero-order valence-electron chi connectivity index (χ0n) is 27.4. The van der Waals surface area contributed by atoms with Crippen molar-refractivity contribution >= 4 is 29.2 Å². The van der Waals surface area contributed by atoms with Crippen molar-refractivity contribution in [3.05, 3.63) is 35.9 Å². The Morgan fingerprint density at radius 3 is 2.47 bits per heavy atom. The number of anilines is 2. The van der Waals surface area contributed by atoms with Crippen LogP contribution in [-0.4, -0.2) is 111 Å². The van der Waals surface area contributed by atoms with Crippen molar-refractivity contribution in [1.29, 1.82) is 0 Å². The van der Waals surface area contributed by atoms with Gasteiger partial charge in [0.1, 0.15) is 17.0 Å². The van der Waals surface area contributed by atoms with Crippen molar-refractivity contribution in [3.63, 3.8) is 0 Å². The molecule has 0 atom stereocenters. The van der Waals surface area contributed by atoms with Gasteiger partial charge in [-0.3, -0.25) is 9.48 Å². The number of piperidine rings is 2. The second kappa shape index (κ2) is 14.1. The molecule has 3 aliphatic rings. The van der Waals surface area contributed by atoms with E-state index in [2.05, 4.69) is 30.3 Å². The molecule has 3 aliphatic heterocycles. The Hall–Kier alpha value is -3.85. The number of carbonyl (C=O) groups is 2. The van der Waals surface area contributed by atoms with Crippen molar-refractivity contribution in [2.45, 2.75) is 70.9 Å². The molecule has 1 N–H and O–H groups in total. The second-order valence-corrected chi connectivity index (χ2v) is 13.6. The van der Waals surface area contributed by atoms with E-state index in [1.165, 1.54) is 16.9 Å². The lowest BCUT2D eigenvalue weighted by Crippen LogP contribution is -2.42. The van der Waals surface area contributed by atoms with E-state index in [0.29, 0.717) is 43.7 Å². The van der Waals surface area contributed by atoms with E-state index >= 15 is 0 Å². The standard InChI is InChI=1S/C32H45F2N9O4/c1-32(2,3)47-31(45)41-13-5-22(6-14-41)4-10-39-11-7-23(8-12-39)43-21-25(27(38-43)28(33)34)36-30(44)24-20-35-42-15-9-26(37-29(24)42)40-16-18-46-19-17-40/h9,15,20-23,28H,4-8,10-14,16-19H2,1-3H3,(H,36,44). The van der Waals surface area contributed by atoms with Gasteiger partial charge < -0.3 is 29.5 Å². The number of morpholine rings is 1. The van der Waals surface area contributed by atoms with Crippen LogP contribution in [0.15, 0.2) is 24.7 Å². The number of hydrogen-bond donors (Lipinski definition) is 1. The van der Waals surface area contributed by atoms with Gasteiger partial charge in [0.05, 0.1) is 31.1 Å². The molecule has 6 heterocycles. The van der Waals surface area contributed by atoms with Gasteiger partial charge in [-0.25, -0.2) is 23.1 Å². The summed E-state index contributed by atoms with van der Waals surface area (Å²) < 4.78 is 42.2. The fourth-order valence-corrected chi connectivity index (χ4v) is 6.53. The first kappa shape index (κ1) is 33.1. The van der Waals surface area contributed by atoms with Gasteiger partial charge in [-0.15, -0.1) is 0 Å². The van der Waals surface area contributed by atoms with Crippen LogP contribution in [0, 0.1) is 5.92 Å². The average molecular weight is 658 g/mol. The fraction of sp³-hybridized carbons (Fsp3) is 0.656. The number of hydrogen-bond acceptors (Lipinski definition) is 9. The monoisotopic (exact) mass is 657 g/mol. The molecule has 15 heteroatoms. The number of amides is 2. The predicted octanol–water partition coefficient (Wildman–Crippen LogP) is 4.63. The molecule has 0 bridgehead atoms. The molecular weight excluding hydrogens is 612 g/mol. The summed E-state index contributed by atoms with van der Waals surface area (Å²) in [5.74, 6) is 0.692. The molecule has 0 aromatic carbocycles. The van der Waals surface area contributed by atoms with Crippen LogP contribution in [0.3, 0.4) is 0 Å². The number of aromatic nitrogens is 5. The van der Waals surface area contributed by atoms with Gasteiger partial charge in [0.2, 0.25) is 0 Å². The molecule has 47 heavy (non-hydrogen) atoms. The molecule has 0 saturated carbocycles. The van der Waals surface area contributed by atoms with Crippen LogP contribution in [-0.2, 0) is 9.47 Å². The average Bonchev–Trinajstić information content (AvgIpc) is 3.68. The number of rotatable bonds is 8. The summed E-state index contributed by atoms with van der Waals surface area (Å²) in [6.07, 6.45) is 6.12. The molecule has 3 aromatic rings. The van der Waals surface area contributed by atoms with Crippen LogP contribution in [0.5, 0.6) is 0 Å². The van der Waals surface area contributed by atoms with Crippen LogP contribution < -0.4 is 10.2 Å². The van der Waals surface area contributed by atoms with Gasteiger partial charge in [0.25, 0.3) is 12.3 Å². The lowest BCUT2D eigenvalue weighted by atomic mass is 9.93. The van der Waals surface area contributed by atoms with Crippen molar-refractivity contribution in [2.75, 3.05) is 69.2 Å². The zero-order chi connectivity index (χ0) is 33.1. The van der Waals surface area contributed by atoms with Gasteiger partial charge in [-0.2, -0.15) is 10.2 Å². The van der Waals surface area contributed by atoms with Gasteiger partial charge >= 0.3 is 6.09 Å². The van der Waals surface area contributed by atoms with Crippen LogP contribution in [0.1, 0.15) is 81.4 Å². The first-order chi connectivity index (χ1) is 22.5. The number of fused-ring (bicyclic) bond motifs is 1. The largest absolute Gasteiger partial charge is 0.444 e. The molecule has 0 radical (unpaired) electrons.